The molecule has 0 amide bonds. The van der Waals surface area contributed by atoms with Crippen LogP contribution >= 0.6 is 0 Å². The average Bonchev–Trinajstić information content (AvgIpc) is 2.76. The number of hydrogen-bond acceptors (Lipinski definition) is 3. The molecule has 3 heteroatoms. The Morgan fingerprint density at radius 3 is 2.93 bits per heavy atom. The van der Waals surface area contributed by atoms with Gasteiger partial charge in [-0.2, -0.15) is 0 Å². The van der Waals surface area contributed by atoms with E-state index < -0.39 is 0 Å². The minimum atomic E-state index is 0.549. The lowest BCUT2D eigenvalue weighted by molar-refractivity contribution is 0.00657. The first-order valence-corrected chi connectivity index (χ1v) is 6.39. The van der Waals surface area contributed by atoms with E-state index in [2.05, 4.69) is 17.3 Å². The van der Waals surface area contributed by atoms with Crippen LogP contribution < -0.4 is 5.32 Å². The van der Waals surface area contributed by atoms with Crippen LogP contribution in [0.1, 0.15) is 32.1 Å². The second-order valence-electron chi connectivity index (χ2n) is 4.85. The van der Waals surface area contributed by atoms with Gasteiger partial charge >= 0.3 is 0 Å². The van der Waals surface area contributed by atoms with Gasteiger partial charge in [0.25, 0.3) is 0 Å². The molecule has 3 nitrogen and oxygen atoms in total. The number of hydrogen-bond donors (Lipinski definition) is 1. The van der Waals surface area contributed by atoms with Gasteiger partial charge < -0.3 is 15.0 Å². The quantitative estimate of drug-likeness (QED) is 0.759. The molecule has 0 aromatic rings. The maximum Gasteiger partial charge on any atom is 0.0587 e. The summed E-state index contributed by atoms with van der Waals surface area (Å²) in [5.74, 6) is 0. The number of ether oxygens (including phenoxy) is 1. The van der Waals surface area contributed by atoms with Crippen molar-refractivity contribution in [2.75, 3.05) is 33.3 Å². The lowest BCUT2D eigenvalue weighted by atomic mass is 10.1. The third-order valence-electron chi connectivity index (χ3n) is 3.72. The molecule has 2 aliphatic rings. The summed E-state index contributed by atoms with van der Waals surface area (Å²) in [6.07, 6.45) is 7.00. The van der Waals surface area contributed by atoms with E-state index in [0.29, 0.717) is 6.10 Å². The van der Waals surface area contributed by atoms with E-state index in [9.17, 15) is 0 Å². The highest BCUT2D eigenvalue weighted by atomic mass is 16.5. The minimum Gasteiger partial charge on any atom is -0.378 e. The molecule has 0 saturated carbocycles. The SMILES string of the molecule is CNC1CCN(CCC2CCCCO2)C1. The maximum atomic E-state index is 5.75. The van der Waals surface area contributed by atoms with Crippen LogP contribution in [0, 0.1) is 0 Å². The molecule has 2 unspecified atom stereocenters. The van der Waals surface area contributed by atoms with Crippen molar-refractivity contribution < 1.29 is 4.74 Å². The van der Waals surface area contributed by atoms with Crippen LogP contribution in [0.2, 0.25) is 0 Å². The molecule has 1 N–H and O–H groups in total. The van der Waals surface area contributed by atoms with Gasteiger partial charge in [-0.25, -0.2) is 0 Å². The first-order chi connectivity index (χ1) is 7.38. The van der Waals surface area contributed by atoms with Crippen LogP contribution in [0.3, 0.4) is 0 Å². The van der Waals surface area contributed by atoms with Crippen molar-refractivity contribution in [3.63, 3.8) is 0 Å². The molecule has 2 fully saturated rings. The summed E-state index contributed by atoms with van der Waals surface area (Å²) in [7, 11) is 2.07. The fraction of sp³-hybridized carbons (Fsp3) is 1.00. The van der Waals surface area contributed by atoms with Gasteiger partial charge in [-0.3, -0.25) is 0 Å². The molecule has 0 spiro atoms. The maximum absolute atomic E-state index is 5.75. The monoisotopic (exact) mass is 212 g/mol. The molecular formula is C12H24N2O. The van der Waals surface area contributed by atoms with E-state index in [1.54, 1.807) is 0 Å². The van der Waals surface area contributed by atoms with Gasteiger partial charge in [0.15, 0.2) is 0 Å². The zero-order valence-corrected chi connectivity index (χ0v) is 9.87. The van der Waals surface area contributed by atoms with E-state index in [0.717, 1.165) is 12.6 Å². The van der Waals surface area contributed by atoms with Crippen LogP contribution in [0.5, 0.6) is 0 Å². The highest BCUT2D eigenvalue weighted by Gasteiger charge is 2.22. The van der Waals surface area contributed by atoms with Gasteiger partial charge in [0.05, 0.1) is 6.10 Å². The Balaban J connectivity index is 1.61. The molecule has 2 aliphatic heterocycles. The largest absolute Gasteiger partial charge is 0.378 e. The Hall–Kier alpha value is -0.120. The predicted octanol–water partition coefficient (Wildman–Crippen LogP) is 1.24. The highest BCUT2D eigenvalue weighted by Crippen LogP contribution is 2.17. The van der Waals surface area contributed by atoms with Crippen molar-refractivity contribution in [2.24, 2.45) is 0 Å². The van der Waals surface area contributed by atoms with Gasteiger partial charge in [-0.05, 0) is 45.7 Å². The summed E-state index contributed by atoms with van der Waals surface area (Å²) in [5, 5.41) is 3.36. The Kier molecular flexibility index (Phi) is 4.42. The topological polar surface area (TPSA) is 24.5 Å². The lowest BCUT2D eigenvalue weighted by Crippen LogP contribution is -2.32. The van der Waals surface area contributed by atoms with E-state index >= 15 is 0 Å². The minimum absolute atomic E-state index is 0.549. The van der Waals surface area contributed by atoms with Crippen LogP contribution in [-0.4, -0.2) is 50.3 Å². The second-order valence-corrected chi connectivity index (χ2v) is 4.85. The van der Waals surface area contributed by atoms with Gasteiger partial charge in [0, 0.05) is 25.7 Å². The van der Waals surface area contributed by atoms with Gasteiger partial charge in [-0.15, -0.1) is 0 Å². The first kappa shape index (κ1) is 11.4. The third kappa shape index (κ3) is 3.44. The zero-order valence-electron chi connectivity index (χ0n) is 9.87. The number of nitrogens with zero attached hydrogens (tertiary/aromatic N) is 1. The summed E-state index contributed by atoms with van der Waals surface area (Å²) >= 11 is 0. The lowest BCUT2D eigenvalue weighted by Gasteiger charge is -2.25. The molecule has 0 radical (unpaired) electrons. The highest BCUT2D eigenvalue weighted by molar-refractivity contribution is 4.80. The van der Waals surface area contributed by atoms with Crippen molar-refractivity contribution >= 4 is 0 Å². The smallest absolute Gasteiger partial charge is 0.0587 e. The standard InChI is InChI=1S/C12H24N2O/c1-13-11-5-7-14(10-11)8-6-12-4-2-3-9-15-12/h11-13H,2-10H2,1H3. The summed E-state index contributed by atoms with van der Waals surface area (Å²) in [4.78, 5) is 2.57. The normalized spacial score (nSPS) is 33.4. The van der Waals surface area contributed by atoms with Crippen molar-refractivity contribution in [3.05, 3.63) is 0 Å². The third-order valence-corrected chi connectivity index (χ3v) is 3.72. The molecule has 15 heavy (non-hydrogen) atoms. The molecule has 2 heterocycles. The van der Waals surface area contributed by atoms with Gasteiger partial charge in [0.2, 0.25) is 0 Å². The van der Waals surface area contributed by atoms with Gasteiger partial charge in [-0.1, -0.05) is 0 Å². The Bertz CT molecular complexity index is 180. The molecule has 88 valence electrons. The molecule has 0 bridgehead atoms. The number of rotatable bonds is 4. The van der Waals surface area contributed by atoms with Crippen LogP contribution in [0.15, 0.2) is 0 Å². The number of likely N-dealkylation sites (tertiary alicyclic amines) is 1. The molecule has 2 atom stereocenters. The first-order valence-electron chi connectivity index (χ1n) is 6.39. The molecule has 2 saturated heterocycles. The van der Waals surface area contributed by atoms with Crippen LogP contribution in [-0.2, 0) is 4.74 Å². The van der Waals surface area contributed by atoms with E-state index in [1.807, 2.05) is 0 Å². The van der Waals surface area contributed by atoms with E-state index in [1.165, 1.54) is 51.7 Å². The Morgan fingerprint density at radius 1 is 1.33 bits per heavy atom. The fourth-order valence-electron chi connectivity index (χ4n) is 2.63. The molecular weight excluding hydrogens is 188 g/mol. The van der Waals surface area contributed by atoms with Crippen molar-refractivity contribution in [1.29, 1.82) is 0 Å². The van der Waals surface area contributed by atoms with Crippen LogP contribution in [0.4, 0.5) is 0 Å². The summed E-state index contributed by atoms with van der Waals surface area (Å²) in [6, 6.07) is 0.720. The molecule has 0 aromatic heterocycles. The fourth-order valence-corrected chi connectivity index (χ4v) is 2.63. The number of likely N-dealkylation sites (N-methyl/N-ethyl adjacent to an activating group) is 1. The summed E-state index contributed by atoms with van der Waals surface area (Å²) in [6.45, 7) is 4.70. The molecule has 2 rings (SSSR count). The van der Waals surface area contributed by atoms with Gasteiger partial charge in [0.1, 0.15) is 0 Å². The Morgan fingerprint density at radius 2 is 2.27 bits per heavy atom. The molecule has 0 aromatic carbocycles. The van der Waals surface area contributed by atoms with Crippen molar-refractivity contribution in [1.82, 2.24) is 10.2 Å². The average molecular weight is 212 g/mol. The second kappa shape index (κ2) is 5.83. The summed E-state index contributed by atoms with van der Waals surface area (Å²) in [5.41, 5.74) is 0. The Labute approximate surface area is 93.2 Å². The van der Waals surface area contributed by atoms with Crippen LogP contribution in [0.25, 0.3) is 0 Å². The molecule has 0 aliphatic carbocycles. The van der Waals surface area contributed by atoms with E-state index in [-0.39, 0.29) is 0 Å². The summed E-state index contributed by atoms with van der Waals surface area (Å²) < 4.78 is 5.75. The predicted molar refractivity (Wildman–Crippen MR) is 62.1 cm³/mol. The zero-order chi connectivity index (χ0) is 10.5. The van der Waals surface area contributed by atoms with Crippen molar-refractivity contribution in [3.8, 4) is 0 Å². The number of nitrogens with one attached hydrogen (secondary N) is 1. The van der Waals surface area contributed by atoms with E-state index in [4.69, 9.17) is 4.74 Å². The van der Waals surface area contributed by atoms with Crippen molar-refractivity contribution in [2.45, 2.75) is 44.2 Å².